The molecule has 0 bridgehead atoms. The van der Waals surface area contributed by atoms with Crippen LogP contribution >= 0.6 is 0 Å². The summed E-state index contributed by atoms with van der Waals surface area (Å²) in [5, 5.41) is 0. The van der Waals surface area contributed by atoms with Crippen molar-refractivity contribution in [2.45, 2.75) is 32.1 Å². The van der Waals surface area contributed by atoms with Gasteiger partial charge in [0.15, 0.2) is 0 Å². The van der Waals surface area contributed by atoms with Crippen molar-refractivity contribution >= 4 is 11.6 Å². The fourth-order valence-electron chi connectivity index (χ4n) is 4.50. The van der Waals surface area contributed by atoms with E-state index in [-0.39, 0.29) is 23.1 Å². The van der Waals surface area contributed by atoms with E-state index in [2.05, 4.69) is 24.3 Å². The number of carbonyl (C=O) groups is 2. The topological polar surface area (TPSA) is 61.8 Å². The smallest absolute Gasteiger partial charge is 0.228 e. The first-order valence-electron chi connectivity index (χ1n) is 11.0. The second kappa shape index (κ2) is 9.86. The molecule has 2 aromatic carbocycles. The number of ether oxygens (including phenoxy) is 3. The number of ketones is 2. The molecule has 0 aromatic heterocycles. The Morgan fingerprint density at radius 2 is 1.28 bits per heavy atom. The van der Waals surface area contributed by atoms with E-state index >= 15 is 0 Å². The average molecular weight is 433 g/mol. The van der Waals surface area contributed by atoms with Gasteiger partial charge >= 0.3 is 0 Å². The molecule has 0 atom stereocenters. The summed E-state index contributed by atoms with van der Waals surface area (Å²) < 4.78 is 16.3. The van der Waals surface area contributed by atoms with Gasteiger partial charge in [0, 0.05) is 11.1 Å². The minimum Gasteiger partial charge on any atom is -0.494 e. The maximum absolute atomic E-state index is 12.8. The largest absolute Gasteiger partial charge is 0.494 e. The lowest BCUT2D eigenvalue weighted by Gasteiger charge is -2.20. The summed E-state index contributed by atoms with van der Waals surface area (Å²) in [7, 11) is 2.79. The lowest BCUT2D eigenvalue weighted by Crippen LogP contribution is -2.25. The van der Waals surface area contributed by atoms with Crippen molar-refractivity contribution in [3.8, 4) is 16.9 Å². The zero-order chi connectivity index (χ0) is 22.5. The molecule has 5 nitrogen and oxygen atoms in total. The molecular weight excluding hydrogens is 404 g/mol. The minimum absolute atomic E-state index is 0.0250. The summed E-state index contributed by atoms with van der Waals surface area (Å²) in [6.07, 6.45) is 3.76. The highest BCUT2D eigenvalue weighted by molar-refractivity contribution is 6.23. The van der Waals surface area contributed by atoms with Crippen molar-refractivity contribution in [3.05, 3.63) is 77.3 Å². The quantitative estimate of drug-likeness (QED) is 0.558. The Kier molecular flexibility index (Phi) is 6.74. The third-order valence-corrected chi connectivity index (χ3v) is 6.30. The molecule has 2 aromatic rings. The number of hydrogen-bond donors (Lipinski definition) is 0. The average Bonchev–Trinajstić information content (AvgIpc) is 3.05. The highest BCUT2D eigenvalue weighted by atomic mass is 16.5. The highest BCUT2D eigenvalue weighted by Gasteiger charge is 2.37. The van der Waals surface area contributed by atoms with Gasteiger partial charge in [-0.1, -0.05) is 42.5 Å². The van der Waals surface area contributed by atoms with Crippen LogP contribution in [0.4, 0.5) is 0 Å². The van der Waals surface area contributed by atoms with Gasteiger partial charge < -0.3 is 14.2 Å². The van der Waals surface area contributed by atoms with E-state index in [0.717, 1.165) is 30.6 Å². The van der Waals surface area contributed by atoms with Crippen LogP contribution in [0.3, 0.4) is 0 Å². The number of rotatable bonds is 7. The Labute approximate surface area is 188 Å². The van der Waals surface area contributed by atoms with Crippen LogP contribution in [0.1, 0.15) is 32.1 Å². The van der Waals surface area contributed by atoms with Crippen molar-refractivity contribution in [2.75, 3.05) is 20.8 Å². The van der Waals surface area contributed by atoms with Gasteiger partial charge in [-0.2, -0.15) is 0 Å². The third-order valence-electron chi connectivity index (χ3n) is 6.30. The van der Waals surface area contributed by atoms with Crippen LogP contribution in [0.15, 0.2) is 77.3 Å². The van der Waals surface area contributed by atoms with E-state index in [1.165, 1.54) is 19.8 Å². The number of hydrogen-bond acceptors (Lipinski definition) is 5. The van der Waals surface area contributed by atoms with Crippen LogP contribution in [0.2, 0.25) is 0 Å². The van der Waals surface area contributed by atoms with Crippen LogP contribution < -0.4 is 4.74 Å². The van der Waals surface area contributed by atoms with Gasteiger partial charge in [-0.25, -0.2) is 0 Å². The van der Waals surface area contributed by atoms with E-state index in [1.807, 2.05) is 30.3 Å². The SMILES string of the molecule is COC1=C(OC)C(=O)C2=C(CCC(CCOc3ccc(-c4ccccc4)cc3)CC2)C1=O. The molecule has 32 heavy (non-hydrogen) atoms. The van der Waals surface area contributed by atoms with Gasteiger partial charge in [0.2, 0.25) is 23.1 Å². The summed E-state index contributed by atoms with van der Waals surface area (Å²) in [4.78, 5) is 25.6. The fourth-order valence-corrected chi connectivity index (χ4v) is 4.50. The van der Waals surface area contributed by atoms with E-state index in [1.54, 1.807) is 0 Å². The standard InChI is InChI=1S/C27H28O5/c1-30-26-24(28)22-14-8-18(9-15-23(22)25(29)27(26)31-2)16-17-32-21-12-10-20(11-13-21)19-6-4-3-5-7-19/h3-7,10-13,18H,8-9,14-17H2,1-2H3. The van der Waals surface area contributed by atoms with Crippen molar-refractivity contribution in [1.29, 1.82) is 0 Å². The Morgan fingerprint density at radius 3 is 1.81 bits per heavy atom. The molecule has 2 aliphatic carbocycles. The molecule has 4 rings (SSSR count). The summed E-state index contributed by atoms with van der Waals surface area (Å²) >= 11 is 0. The Hall–Kier alpha value is -3.34. The van der Waals surface area contributed by atoms with Gasteiger partial charge in [-0.15, -0.1) is 0 Å². The third kappa shape index (κ3) is 4.47. The molecule has 0 saturated carbocycles. The van der Waals surface area contributed by atoms with Crippen LogP contribution in [0.5, 0.6) is 5.75 Å². The second-order valence-electron chi connectivity index (χ2n) is 8.15. The van der Waals surface area contributed by atoms with Crippen molar-refractivity contribution in [2.24, 2.45) is 5.92 Å². The Balaban J connectivity index is 1.32. The number of methoxy groups -OCH3 is 2. The zero-order valence-corrected chi connectivity index (χ0v) is 18.6. The van der Waals surface area contributed by atoms with Crippen molar-refractivity contribution < 1.29 is 23.8 Å². The predicted octanol–water partition coefficient (Wildman–Crippen LogP) is 5.27. The molecule has 0 saturated heterocycles. The van der Waals surface area contributed by atoms with Crippen LogP contribution in [0.25, 0.3) is 11.1 Å². The molecular formula is C27H28O5. The highest BCUT2D eigenvalue weighted by Crippen LogP contribution is 2.37. The number of carbonyl (C=O) groups excluding carboxylic acids is 2. The molecule has 2 aliphatic rings. The van der Waals surface area contributed by atoms with E-state index in [0.29, 0.717) is 36.5 Å². The molecule has 5 heteroatoms. The molecule has 0 radical (unpaired) electrons. The van der Waals surface area contributed by atoms with Crippen LogP contribution in [-0.4, -0.2) is 32.4 Å². The van der Waals surface area contributed by atoms with Crippen LogP contribution in [-0.2, 0) is 19.1 Å². The van der Waals surface area contributed by atoms with E-state index in [4.69, 9.17) is 14.2 Å². The molecule has 0 aliphatic heterocycles. The molecule has 0 heterocycles. The Bertz CT molecular complexity index is 1010. The van der Waals surface area contributed by atoms with E-state index in [9.17, 15) is 9.59 Å². The number of allylic oxidation sites excluding steroid dienone is 2. The number of Topliss-reactive ketones (excluding diaryl/α,β-unsaturated/α-hetero) is 2. The summed E-state index contributed by atoms with van der Waals surface area (Å²) in [5.41, 5.74) is 3.52. The Morgan fingerprint density at radius 1 is 0.750 bits per heavy atom. The predicted molar refractivity (Wildman–Crippen MR) is 122 cm³/mol. The monoisotopic (exact) mass is 432 g/mol. The fraction of sp³-hybridized carbons (Fsp3) is 0.333. The van der Waals surface area contributed by atoms with Gasteiger partial charge in [-0.05, 0) is 61.3 Å². The lowest BCUT2D eigenvalue weighted by molar-refractivity contribution is -0.121. The van der Waals surface area contributed by atoms with Gasteiger partial charge in [0.1, 0.15) is 5.75 Å². The molecule has 0 fully saturated rings. The summed E-state index contributed by atoms with van der Waals surface area (Å²) in [6.45, 7) is 0.604. The summed E-state index contributed by atoms with van der Waals surface area (Å²) in [5.74, 6) is 0.860. The minimum atomic E-state index is -0.214. The van der Waals surface area contributed by atoms with E-state index < -0.39 is 0 Å². The van der Waals surface area contributed by atoms with Gasteiger partial charge in [-0.3, -0.25) is 9.59 Å². The van der Waals surface area contributed by atoms with Crippen molar-refractivity contribution in [1.82, 2.24) is 0 Å². The van der Waals surface area contributed by atoms with Crippen LogP contribution in [0, 0.1) is 5.92 Å². The van der Waals surface area contributed by atoms with Gasteiger partial charge in [0.05, 0.1) is 20.8 Å². The first-order valence-corrected chi connectivity index (χ1v) is 11.0. The molecule has 166 valence electrons. The first-order chi connectivity index (χ1) is 15.6. The van der Waals surface area contributed by atoms with Gasteiger partial charge in [0.25, 0.3) is 0 Å². The maximum Gasteiger partial charge on any atom is 0.228 e. The molecule has 0 spiro atoms. The zero-order valence-electron chi connectivity index (χ0n) is 18.6. The lowest BCUT2D eigenvalue weighted by atomic mass is 9.89. The first kappa shape index (κ1) is 21.9. The summed E-state index contributed by atoms with van der Waals surface area (Å²) in [6, 6.07) is 18.4. The molecule has 0 unspecified atom stereocenters. The number of benzene rings is 2. The molecule has 0 amide bonds. The molecule has 0 N–H and O–H groups in total. The maximum atomic E-state index is 12.8. The normalized spacial score (nSPS) is 17.2. The van der Waals surface area contributed by atoms with Crippen molar-refractivity contribution in [3.63, 3.8) is 0 Å². The second-order valence-corrected chi connectivity index (χ2v) is 8.15.